The molecule has 0 saturated carbocycles. The minimum atomic E-state index is 0.106. The highest BCUT2D eigenvalue weighted by molar-refractivity contribution is 5.74. The van der Waals surface area contributed by atoms with E-state index >= 15 is 0 Å². The molecule has 1 amide bonds. The number of amides is 1. The van der Waals surface area contributed by atoms with Gasteiger partial charge in [-0.15, -0.1) is 0 Å². The molecule has 0 N–H and O–H groups in total. The van der Waals surface area contributed by atoms with Gasteiger partial charge < -0.3 is 9.32 Å². The fourth-order valence-corrected chi connectivity index (χ4v) is 2.47. The summed E-state index contributed by atoms with van der Waals surface area (Å²) < 4.78 is 7.31. The second-order valence-electron chi connectivity index (χ2n) is 4.57. The fourth-order valence-electron chi connectivity index (χ4n) is 2.47. The summed E-state index contributed by atoms with van der Waals surface area (Å²) in [5.41, 5.74) is 3.15. The third-order valence-corrected chi connectivity index (χ3v) is 3.44. The van der Waals surface area contributed by atoms with E-state index in [1.54, 1.807) is 13.2 Å². The molecule has 1 aliphatic heterocycles. The molecular weight excluding hydrogens is 230 g/mol. The van der Waals surface area contributed by atoms with E-state index in [2.05, 4.69) is 5.10 Å². The average Bonchev–Trinajstić information content (AvgIpc) is 2.97. The van der Waals surface area contributed by atoms with Crippen LogP contribution >= 0.6 is 0 Å². The maximum Gasteiger partial charge on any atom is 0.219 e. The van der Waals surface area contributed by atoms with Crippen molar-refractivity contribution in [2.75, 3.05) is 6.54 Å². The number of hydrogen-bond donors (Lipinski definition) is 0. The number of aryl methyl sites for hydroxylation is 1. The Morgan fingerprint density at radius 2 is 2.33 bits per heavy atom. The molecule has 0 bridgehead atoms. The molecule has 0 spiro atoms. The monoisotopic (exact) mass is 245 g/mol. The van der Waals surface area contributed by atoms with E-state index in [4.69, 9.17) is 4.42 Å². The lowest BCUT2D eigenvalue weighted by Gasteiger charge is -2.26. The van der Waals surface area contributed by atoms with Crippen molar-refractivity contribution >= 4 is 5.91 Å². The zero-order valence-corrected chi connectivity index (χ0v) is 10.5. The van der Waals surface area contributed by atoms with Crippen LogP contribution in [-0.4, -0.2) is 27.1 Å². The summed E-state index contributed by atoms with van der Waals surface area (Å²) in [5, 5.41) is 4.51. The van der Waals surface area contributed by atoms with Crippen molar-refractivity contribution in [3.63, 3.8) is 0 Å². The van der Waals surface area contributed by atoms with Crippen LogP contribution in [0.2, 0.25) is 0 Å². The first-order valence-electron chi connectivity index (χ1n) is 6.01. The molecule has 3 heterocycles. The van der Waals surface area contributed by atoms with Crippen molar-refractivity contribution in [1.29, 1.82) is 0 Å². The highest BCUT2D eigenvalue weighted by Crippen LogP contribution is 2.29. The van der Waals surface area contributed by atoms with Gasteiger partial charge in [0.25, 0.3) is 0 Å². The number of aromatic nitrogens is 2. The van der Waals surface area contributed by atoms with Gasteiger partial charge in [-0.25, -0.2) is 0 Å². The van der Waals surface area contributed by atoms with Crippen LogP contribution in [0.5, 0.6) is 0 Å². The van der Waals surface area contributed by atoms with Crippen LogP contribution < -0.4 is 0 Å². The maximum atomic E-state index is 11.5. The van der Waals surface area contributed by atoms with Crippen LogP contribution in [-0.2, 0) is 24.8 Å². The van der Waals surface area contributed by atoms with Crippen molar-refractivity contribution in [3.8, 4) is 11.5 Å². The number of carbonyl (C=O) groups excluding carboxylic acids is 1. The van der Waals surface area contributed by atoms with E-state index in [1.165, 1.54) is 5.69 Å². The summed E-state index contributed by atoms with van der Waals surface area (Å²) in [5.74, 6) is 0.868. The minimum absolute atomic E-state index is 0.106. The van der Waals surface area contributed by atoms with Gasteiger partial charge in [-0.2, -0.15) is 5.10 Å². The van der Waals surface area contributed by atoms with Crippen molar-refractivity contribution < 1.29 is 9.21 Å². The second-order valence-corrected chi connectivity index (χ2v) is 4.57. The van der Waals surface area contributed by atoms with E-state index in [0.29, 0.717) is 6.54 Å². The largest absolute Gasteiger partial charge is 0.463 e. The standard InChI is InChI=1S/C13H15N3O2/c1-9(17)16-6-5-11-10(8-16)13(14-15(11)2)12-4-3-7-18-12/h3-4,7H,5-6,8H2,1-2H3. The van der Waals surface area contributed by atoms with Crippen molar-refractivity contribution in [3.05, 3.63) is 29.7 Å². The molecular formula is C13H15N3O2. The van der Waals surface area contributed by atoms with Crippen LogP contribution in [0, 0.1) is 0 Å². The Kier molecular flexibility index (Phi) is 2.47. The van der Waals surface area contributed by atoms with Gasteiger partial charge in [0, 0.05) is 44.7 Å². The first kappa shape index (κ1) is 11.1. The molecule has 0 fully saturated rings. The first-order chi connectivity index (χ1) is 8.66. The third kappa shape index (κ3) is 1.63. The maximum absolute atomic E-state index is 11.5. The van der Waals surface area contributed by atoms with Gasteiger partial charge in [0.05, 0.1) is 6.26 Å². The van der Waals surface area contributed by atoms with Gasteiger partial charge in [-0.3, -0.25) is 9.48 Å². The molecule has 94 valence electrons. The number of fused-ring (bicyclic) bond motifs is 1. The van der Waals surface area contributed by atoms with E-state index in [9.17, 15) is 4.79 Å². The van der Waals surface area contributed by atoms with Crippen LogP contribution in [0.3, 0.4) is 0 Å². The summed E-state index contributed by atoms with van der Waals surface area (Å²) in [4.78, 5) is 13.3. The van der Waals surface area contributed by atoms with Crippen molar-refractivity contribution in [1.82, 2.24) is 14.7 Å². The Labute approximate surface area is 105 Å². The molecule has 5 heteroatoms. The SMILES string of the molecule is CC(=O)N1CCc2c(c(-c3ccco3)nn2C)C1. The highest BCUT2D eigenvalue weighted by Gasteiger charge is 2.26. The normalized spacial score (nSPS) is 14.7. The van der Waals surface area contributed by atoms with E-state index in [0.717, 1.165) is 30.0 Å². The van der Waals surface area contributed by atoms with Crippen LogP contribution in [0.15, 0.2) is 22.8 Å². The third-order valence-electron chi connectivity index (χ3n) is 3.44. The second kappa shape index (κ2) is 4.01. The van der Waals surface area contributed by atoms with Gasteiger partial charge in [0.15, 0.2) is 5.76 Å². The molecule has 1 aliphatic rings. The predicted molar refractivity (Wildman–Crippen MR) is 65.7 cm³/mol. The lowest BCUT2D eigenvalue weighted by atomic mass is 10.0. The smallest absolute Gasteiger partial charge is 0.219 e. The van der Waals surface area contributed by atoms with Crippen LogP contribution in [0.1, 0.15) is 18.2 Å². The molecule has 0 unspecified atom stereocenters. The van der Waals surface area contributed by atoms with E-state index < -0.39 is 0 Å². The predicted octanol–water partition coefficient (Wildman–Crippen LogP) is 1.58. The highest BCUT2D eigenvalue weighted by atomic mass is 16.3. The topological polar surface area (TPSA) is 51.3 Å². The zero-order valence-electron chi connectivity index (χ0n) is 10.5. The molecule has 18 heavy (non-hydrogen) atoms. The Bertz CT molecular complexity index is 584. The summed E-state index contributed by atoms with van der Waals surface area (Å²) in [7, 11) is 1.94. The van der Waals surface area contributed by atoms with Crippen molar-refractivity contribution in [2.24, 2.45) is 7.05 Å². The van der Waals surface area contributed by atoms with Crippen LogP contribution in [0.4, 0.5) is 0 Å². The van der Waals surface area contributed by atoms with Gasteiger partial charge >= 0.3 is 0 Å². The lowest BCUT2D eigenvalue weighted by Crippen LogP contribution is -2.34. The van der Waals surface area contributed by atoms with Crippen LogP contribution in [0.25, 0.3) is 11.5 Å². The van der Waals surface area contributed by atoms with Gasteiger partial charge in [-0.1, -0.05) is 0 Å². The first-order valence-corrected chi connectivity index (χ1v) is 6.01. The number of hydrogen-bond acceptors (Lipinski definition) is 3. The Balaban J connectivity index is 2.06. The molecule has 3 rings (SSSR count). The number of nitrogens with zero attached hydrogens (tertiary/aromatic N) is 3. The lowest BCUT2D eigenvalue weighted by molar-refractivity contribution is -0.129. The zero-order chi connectivity index (χ0) is 12.7. The van der Waals surface area contributed by atoms with Gasteiger partial charge in [0.1, 0.15) is 5.69 Å². The molecule has 0 saturated heterocycles. The Morgan fingerprint density at radius 1 is 1.50 bits per heavy atom. The van der Waals surface area contributed by atoms with Gasteiger partial charge in [0.2, 0.25) is 5.91 Å². The van der Waals surface area contributed by atoms with E-state index in [1.807, 2.05) is 28.8 Å². The summed E-state index contributed by atoms with van der Waals surface area (Å²) >= 11 is 0. The summed E-state index contributed by atoms with van der Waals surface area (Å²) in [6.07, 6.45) is 2.49. The fraction of sp³-hybridized carbons (Fsp3) is 0.385. The Morgan fingerprint density at radius 3 is 3.00 bits per heavy atom. The summed E-state index contributed by atoms with van der Waals surface area (Å²) in [6.45, 7) is 2.99. The molecule has 2 aromatic rings. The Hall–Kier alpha value is -2.04. The summed E-state index contributed by atoms with van der Waals surface area (Å²) in [6, 6.07) is 3.75. The minimum Gasteiger partial charge on any atom is -0.463 e. The average molecular weight is 245 g/mol. The molecule has 0 atom stereocenters. The number of carbonyl (C=O) groups is 1. The molecule has 0 aromatic carbocycles. The van der Waals surface area contributed by atoms with E-state index in [-0.39, 0.29) is 5.91 Å². The molecule has 0 radical (unpaired) electrons. The molecule has 5 nitrogen and oxygen atoms in total. The molecule has 0 aliphatic carbocycles. The number of rotatable bonds is 1. The van der Waals surface area contributed by atoms with Crippen molar-refractivity contribution in [2.45, 2.75) is 19.9 Å². The number of furan rings is 1. The molecule has 2 aromatic heterocycles. The van der Waals surface area contributed by atoms with Gasteiger partial charge in [-0.05, 0) is 12.1 Å². The quantitative estimate of drug-likeness (QED) is 0.766.